The number of hydrogen-bond acceptors (Lipinski definition) is 3. The molecule has 1 aromatic heterocycles. The highest BCUT2D eigenvalue weighted by Crippen LogP contribution is 2.28. The summed E-state index contributed by atoms with van der Waals surface area (Å²) in [6.07, 6.45) is 3.21. The van der Waals surface area contributed by atoms with Gasteiger partial charge < -0.3 is 11.1 Å². The van der Waals surface area contributed by atoms with Crippen molar-refractivity contribution < 1.29 is 4.79 Å². The van der Waals surface area contributed by atoms with E-state index >= 15 is 0 Å². The Balaban J connectivity index is 0.00000128. The summed E-state index contributed by atoms with van der Waals surface area (Å²) in [7, 11) is 0. The number of nitrogens with one attached hydrogen (secondary N) is 1. The summed E-state index contributed by atoms with van der Waals surface area (Å²) >= 11 is 4.76. The number of nitrogens with two attached hydrogens (primary N) is 1. The van der Waals surface area contributed by atoms with Crippen LogP contribution in [0.2, 0.25) is 0 Å². The normalized spacial score (nSPS) is 17.1. The fraction of sp³-hybridized carbons (Fsp3) is 0.500. The fourth-order valence-electron chi connectivity index (χ4n) is 1.58. The molecule has 3 N–H and O–H groups in total. The Labute approximate surface area is 113 Å². The lowest BCUT2D eigenvalue weighted by molar-refractivity contribution is 0.0934. The predicted molar refractivity (Wildman–Crippen MR) is 72.4 cm³/mol. The van der Waals surface area contributed by atoms with E-state index in [0.29, 0.717) is 6.54 Å². The topological polar surface area (TPSA) is 55.1 Å². The Morgan fingerprint density at radius 1 is 1.62 bits per heavy atom. The van der Waals surface area contributed by atoms with Gasteiger partial charge in [0.2, 0.25) is 0 Å². The summed E-state index contributed by atoms with van der Waals surface area (Å²) in [5, 5.41) is 4.78. The van der Waals surface area contributed by atoms with Crippen molar-refractivity contribution in [3.8, 4) is 0 Å². The molecule has 2 rings (SSSR count). The molecule has 0 bridgehead atoms. The largest absolute Gasteiger partial charge is 0.349 e. The number of thiophene rings is 1. The number of amides is 1. The molecular weight excluding hydrogens is 312 g/mol. The Hall–Kier alpha value is -0.100. The zero-order valence-electron chi connectivity index (χ0n) is 8.66. The van der Waals surface area contributed by atoms with E-state index < -0.39 is 0 Å². The average Bonchev–Trinajstić information content (AvgIpc) is 2.58. The van der Waals surface area contributed by atoms with E-state index in [1.807, 2.05) is 11.4 Å². The molecule has 0 unspecified atom stereocenters. The lowest BCUT2D eigenvalue weighted by atomic mass is 9.78. The van der Waals surface area contributed by atoms with Crippen LogP contribution in [0.25, 0.3) is 0 Å². The summed E-state index contributed by atoms with van der Waals surface area (Å²) < 4.78 is 0.948. The molecule has 6 heteroatoms. The molecule has 0 spiro atoms. The molecule has 0 atom stereocenters. The van der Waals surface area contributed by atoms with Crippen LogP contribution < -0.4 is 11.1 Å². The molecule has 1 aliphatic rings. The van der Waals surface area contributed by atoms with Crippen molar-refractivity contribution in [3.63, 3.8) is 0 Å². The van der Waals surface area contributed by atoms with Gasteiger partial charge in [0, 0.05) is 21.9 Å². The van der Waals surface area contributed by atoms with E-state index in [9.17, 15) is 4.79 Å². The summed E-state index contributed by atoms with van der Waals surface area (Å²) in [5.41, 5.74) is 5.87. The fourth-order valence-corrected chi connectivity index (χ4v) is 2.93. The maximum atomic E-state index is 11.7. The molecule has 1 fully saturated rings. The van der Waals surface area contributed by atoms with E-state index in [1.165, 1.54) is 17.8 Å². The molecule has 3 nitrogen and oxygen atoms in total. The average molecular weight is 326 g/mol. The first-order valence-corrected chi connectivity index (χ1v) is 6.57. The van der Waals surface area contributed by atoms with E-state index in [-0.39, 0.29) is 23.9 Å². The van der Waals surface area contributed by atoms with E-state index in [0.717, 1.165) is 22.2 Å². The Kier molecular flexibility index (Phi) is 4.79. The maximum Gasteiger partial charge on any atom is 0.261 e. The molecule has 0 aliphatic heterocycles. The van der Waals surface area contributed by atoms with Gasteiger partial charge in [-0.2, -0.15) is 0 Å². The Morgan fingerprint density at radius 2 is 2.31 bits per heavy atom. The van der Waals surface area contributed by atoms with Crippen molar-refractivity contribution in [1.29, 1.82) is 0 Å². The van der Waals surface area contributed by atoms with Crippen LogP contribution in [0.5, 0.6) is 0 Å². The van der Waals surface area contributed by atoms with Gasteiger partial charge in [0.1, 0.15) is 0 Å². The van der Waals surface area contributed by atoms with Crippen LogP contribution in [-0.2, 0) is 0 Å². The van der Waals surface area contributed by atoms with Crippen LogP contribution in [0.15, 0.2) is 15.9 Å². The SMILES string of the molecule is Cl.NC1(CNC(=O)c2cc(Br)cs2)CCC1. The van der Waals surface area contributed by atoms with Gasteiger partial charge in [0.05, 0.1) is 4.88 Å². The second-order valence-electron chi connectivity index (χ2n) is 4.03. The zero-order valence-corrected chi connectivity index (χ0v) is 11.9. The number of rotatable bonds is 3. The smallest absolute Gasteiger partial charge is 0.261 e. The quantitative estimate of drug-likeness (QED) is 0.897. The van der Waals surface area contributed by atoms with Crippen LogP contribution >= 0.6 is 39.7 Å². The van der Waals surface area contributed by atoms with Crippen molar-refractivity contribution in [2.45, 2.75) is 24.8 Å². The minimum atomic E-state index is -0.149. The van der Waals surface area contributed by atoms with Crippen LogP contribution in [0.3, 0.4) is 0 Å². The second kappa shape index (κ2) is 5.49. The number of hydrogen-bond donors (Lipinski definition) is 2. The number of carbonyl (C=O) groups excluding carboxylic acids is 1. The Bertz CT molecular complexity index is 379. The van der Waals surface area contributed by atoms with Crippen molar-refractivity contribution >= 4 is 45.6 Å². The molecule has 0 radical (unpaired) electrons. The standard InChI is InChI=1S/C10H13BrN2OS.ClH/c11-7-4-8(15-5-7)9(14)13-6-10(12)2-1-3-10;/h4-5H,1-3,6,12H2,(H,13,14);1H. The van der Waals surface area contributed by atoms with Crippen LogP contribution in [0, 0.1) is 0 Å². The van der Waals surface area contributed by atoms with Crippen molar-refractivity contribution in [2.75, 3.05) is 6.54 Å². The molecule has 0 aromatic carbocycles. The summed E-state index contributed by atoms with van der Waals surface area (Å²) in [6.45, 7) is 0.585. The zero-order chi connectivity index (χ0) is 10.9. The first-order valence-electron chi connectivity index (χ1n) is 4.90. The predicted octanol–water partition coefficient (Wildman–Crippen LogP) is 2.54. The monoisotopic (exact) mass is 324 g/mol. The van der Waals surface area contributed by atoms with Crippen molar-refractivity contribution in [1.82, 2.24) is 5.32 Å². The third-order valence-corrected chi connectivity index (χ3v) is 4.43. The highest BCUT2D eigenvalue weighted by Gasteiger charge is 2.32. The van der Waals surface area contributed by atoms with Gasteiger partial charge in [0.25, 0.3) is 5.91 Å². The minimum Gasteiger partial charge on any atom is -0.349 e. The van der Waals surface area contributed by atoms with Gasteiger partial charge in [0.15, 0.2) is 0 Å². The van der Waals surface area contributed by atoms with Crippen LogP contribution in [-0.4, -0.2) is 18.0 Å². The highest BCUT2D eigenvalue weighted by molar-refractivity contribution is 9.10. The van der Waals surface area contributed by atoms with Gasteiger partial charge in [-0.25, -0.2) is 0 Å². The molecule has 1 aliphatic carbocycles. The van der Waals surface area contributed by atoms with Crippen molar-refractivity contribution in [2.24, 2.45) is 5.73 Å². The molecule has 16 heavy (non-hydrogen) atoms. The Morgan fingerprint density at radius 3 is 2.75 bits per heavy atom. The molecule has 1 amide bonds. The molecule has 0 saturated heterocycles. The molecular formula is C10H14BrClN2OS. The van der Waals surface area contributed by atoms with Gasteiger partial charge in [-0.15, -0.1) is 23.7 Å². The molecule has 1 heterocycles. The first kappa shape index (κ1) is 14.0. The summed E-state index contributed by atoms with van der Waals surface area (Å²) in [4.78, 5) is 12.4. The lowest BCUT2D eigenvalue weighted by Gasteiger charge is -2.38. The van der Waals surface area contributed by atoms with E-state index in [2.05, 4.69) is 21.2 Å². The molecule has 90 valence electrons. The van der Waals surface area contributed by atoms with Crippen LogP contribution in [0.1, 0.15) is 28.9 Å². The maximum absolute atomic E-state index is 11.7. The third-order valence-electron chi connectivity index (χ3n) is 2.74. The van der Waals surface area contributed by atoms with Crippen molar-refractivity contribution in [3.05, 3.63) is 20.8 Å². The molecule has 1 saturated carbocycles. The van der Waals surface area contributed by atoms with E-state index in [1.54, 1.807) is 0 Å². The van der Waals surface area contributed by atoms with Gasteiger partial charge >= 0.3 is 0 Å². The van der Waals surface area contributed by atoms with Gasteiger partial charge in [-0.3, -0.25) is 4.79 Å². The highest BCUT2D eigenvalue weighted by atomic mass is 79.9. The second-order valence-corrected chi connectivity index (χ2v) is 5.85. The van der Waals surface area contributed by atoms with Gasteiger partial charge in [-0.05, 0) is 41.3 Å². The molecule has 1 aromatic rings. The van der Waals surface area contributed by atoms with Gasteiger partial charge in [-0.1, -0.05) is 0 Å². The minimum absolute atomic E-state index is 0. The summed E-state index contributed by atoms with van der Waals surface area (Å²) in [6, 6.07) is 1.82. The number of carbonyl (C=O) groups is 1. The van der Waals surface area contributed by atoms with E-state index in [4.69, 9.17) is 5.73 Å². The summed E-state index contributed by atoms with van der Waals surface area (Å²) in [5.74, 6) is -0.0255. The first-order chi connectivity index (χ1) is 7.09. The third kappa shape index (κ3) is 3.20. The van der Waals surface area contributed by atoms with Crippen LogP contribution in [0.4, 0.5) is 0 Å². The lowest BCUT2D eigenvalue weighted by Crippen LogP contribution is -2.54. The number of halogens is 2.